The smallest absolute Gasteiger partial charge is 0.259 e. The Morgan fingerprint density at radius 1 is 1.10 bits per heavy atom. The van der Waals surface area contributed by atoms with Gasteiger partial charge in [-0.1, -0.05) is 47.5 Å². The zero-order valence-corrected chi connectivity index (χ0v) is 24.2. The first-order chi connectivity index (χ1) is 18.2. The molecule has 4 atom stereocenters. The highest BCUT2D eigenvalue weighted by Gasteiger charge is 2.53. The lowest BCUT2D eigenvalue weighted by Crippen LogP contribution is -2.68. The summed E-state index contributed by atoms with van der Waals surface area (Å²) in [7, 11) is 0. The van der Waals surface area contributed by atoms with Crippen LogP contribution in [0.4, 0.5) is 0 Å². The van der Waals surface area contributed by atoms with Crippen molar-refractivity contribution in [1.29, 1.82) is 0 Å². The number of unbranched alkanes of at least 4 members (excludes halogenated alkanes) is 1. The van der Waals surface area contributed by atoms with Gasteiger partial charge in [0.05, 0.1) is 12.6 Å². The van der Waals surface area contributed by atoms with Gasteiger partial charge in [0.2, 0.25) is 17.7 Å². The van der Waals surface area contributed by atoms with E-state index in [0.29, 0.717) is 37.1 Å². The predicted octanol–water partition coefficient (Wildman–Crippen LogP) is 0.151. The lowest BCUT2D eigenvalue weighted by molar-refractivity contribution is -0.167. The topological polar surface area (TPSA) is 188 Å². The normalized spacial score (nSPS) is 18.2. The quantitative estimate of drug-likeness (QED) is 0.167. The molecule has 1 fully saturated rings. The largest absolute Gasteiger partial charge is 0.383 e. The second-order valence-electron chi connectivity index (χ2n) is 11.2. The minimum absolute atomic E-state index is 0.0115. The number of carbonyl (C=O) groups is 6. The molecule has 0 aliphatic carbocycles. The third-order valence-corrected chi connectivity index (χ3v) is 6.79. The zero-order valence-electron chi connectivity index (χ0n) is 24.2. The van der Waals surface area contributed by atoms with E-state index in [1.165, 1.54) is 0 Å². The summed E-state index contributed by atoms with van der Waals surface area (Å²) in [5, 5.41) is 18.8. The highest BCUT2D eigenvalue weighted by molar-refractivity contribution is 6.16. The number of imide groups is 1. The molecule has 12 heteroatoms. The molecule has 222 valence electrons. The van der Waals surface area contributed by atoms with Crippen LogP contribution >= 0.6 is 0 Å². The van der Waals surface area contributed by atoms with Crippen LogP contribution in [0, 0.1) is 11.8 Å². The maximum absolute atomic E-state index is 13.5. The highest BCUT2D eigenvalue weighted by atomic mass is 16.3. The van der Waals surface area contributed by atoms with E-state index in [1.807, 2.05) is 20.8 Å². The van der Waals surface area contributed by atoms with Crippen molar-refractivity contribution in [3.63, 3.8) is 0 Å². The van der Waals surface area contributed by atoms with Crippen LogP contribution in [0.3, 0.4) is 0 Å². The van der Waals surface area contributed by atoms with E-state index in [1.54, 1.807) is 13.8 Å². The van der Waals surface area contributed by atoms with Gasteiger partial charge in [0.25, 0.3) is 11.8 Å². The fourth-order valence-electron chi connectivity index (χ4n) is 4.81. The summed E-state index contributed by atoms with van der Waals surface area (Å²) in [5.74, 6) is -5.49. The molecule has 12 nitrogen and oxygen atoms in total. The molecule has 1 aliphatic rings. The van der Waals surface area contributed by atoms with Crippen molar-refractivity contribution in [2.24, 2.45) is 17.6 Å². The summed E-state index contributed by atoms with van der Waals surface area (Å²) in [6, 6.07) is -1.36. The van der Waals surface area contributed by atoms with Crippen LogP contribution < -0.4 is 21.7 Å². The van der Waals surface area contributed by atoms with Crippen LogP contribution in [0.25, 0.3) is 0 Å². The monoisotopic (exact) mass is 553 g/mol. The number of nitrogens with zero attached hydrogens (tertiary/aromatic N) is 1. The standard InChI is InChI=1S/C27H47N5O7/c1-7-8-11-21(34)25(38)32(27(18(6)33,26(28)39)14-17(4)5)22(35)15-30-23(36)20(13-16(2)3)31-24(37)19-10-9-12-29-19/h16-17,19-21,29,34H,7-15H2,1-6H3,(H2,28,39)(H,30,36)(H,31,37)/t19-,20-,21?,27+/m0/s1. The molecular weight excluding hydrogens is 506 g/mol. The number of nitrogens with two attached hydrogens (primary N) is 1. The summed E-state index contributed by atoms with van der Waals surface area (Å²) in [6.45, 7) is 10.0. The molecule has 0 bridgehead atoms. The van der Waals surface area contributed by atoms with E-state index < -0.39 is 59.7 Å². The van der Waals surface area contributed by atoms with E-state index in [-0.39, 0.29) is 30.6 Å². The number of aliphatic hydroxyl groups is 1. The first kappa shape index (κ1) is 34.2. The summed E-state index contributed by atoms with van der Waals surface area (Å²) < 4.78 is 0. The molecule has 1 aliphatic heterocycles. The van der Waals surface area contributed by atoms with Crippen molar-refractivity contribution in [3.8, 4) is 0 Å². The molecule has 39 heavy (non-hydrogen) atoms. The third-order valence-electron chi connectivity index (χ3n) is 6.79. The van der Waals surface area contributed by atoms with E-state index in [0.717, 1.165) is 13.3 Å². The number of amides is 5. The Labute approximate surface area is 231 Å². The van der Waals surface area contributed by atoms with Crippen molar-refractivity contribution in [3.05, 3.63) is 0 Å². The Morgan fingerprint density at radius 3 is 2.21 bits per heavy atom. The summed E-state index contributed by atoms with van der Waals surface area (Å²) in [6.07, 6.45) is 1.02. The average molecular weight is 554 g/mol. The van der Waals surface area contributed by atoms with Crippen molar-refractivity contribution in [1.82, 2.24) is 20.9 Å². The molecule has 0 radical (unpaired) electrons. The number of aliphatic hydroxyl groups excluding tert-OH is 1. The summed E-state index contributed by atoms with van der Waals surface area (Å²) in [4.78, 5) is 78.6. The second kappa shape index (κ2) is 15.7. The van der Waals surface area contributed by atoms with Crippen LogP contribution in [0.5, 0.6) is 0 Å². The molecule has 1 heterocycles. The van der Waals surface area contributed by atoms with E-state index in [9.17, 15) is 33.9 Å². The lowest BCUT2D eigenvalue weighted by atomic mass is 9.82. The van der Waals surface area contributed by atoms with Gasteiger partial charge in [0.1, 0.15) is 12.1 Å². The molecule has 5 amide bonds. The Hall–Kier alpha value is -2.86. The minimum Gasteiger partial charge on any atom is -0.383 e. The Morgan fingerprint density at radius 2 is 1.74 bits per heavy atom. The molecule has 0 aromatic heterocycles. The average Bonchev–Trinajstić information content (AvgIpc) is 3.39. The Balaban J connectivity index is 3.27. The fourth-order valence-corrected chi connectivity index (χ4v) is 4.81. The van der Waals surface area contributed by atoms with E-state index in [4.69, 9.17) is 5.73 Å². The van der Waals surface area contributed by atoms with Crippen LogP contribution in [-0.4, -0.2) is 82.1 Å². The second-order valence-corrected chi connectivity index (χ2v) is 11.2. The Kier molecular flexibility index (Phi) is 13.7. The third kappa shape index (κ3) is 9.38. The minimum atomic E-state index is -2.33. The predicted molar refractivity (Wildman–Crippen MR) is 145 cm³/mol. The summed E-state index contributed by atoms with van der Waals surface area (Å²) >= 11 is 0. The molecule has 0 spiro atoms. The lowest BCUT2D eigenvalue weighted by Gasteiger charge is -2.40. The molecule has 0 aromatic carbocycles. The fraction of sp³-hybridized carbons (Fsp3) is 0.778. The number of primary amides is 1. The van der Waals surface area contributed by atoms with Crippen LogP contribution in [0.15, 0.2) is 0 Å². The zero-order chi connectivity index (χ0) is 29.9. The first-order valence-corrected chi connectivity index (χ1v) is 13.9. The van der Waals surface area contributed by atoms with Crippen LogP contribution in [0.1, 0.15) is 86.5 Å². The highest BCUT2D eigenvalue weighted by Crippen LogP contribution is 2.28. The number of hydrogen-bond acceptors (Lipinski definition) is 8. The van der Waals surface area contributed by atoms with Gasteiger partial charge >= 0.3 is 0 Å². The van der Waals surface area contributed by atoms with Crippen molar-refractivity contribution in [2.45, 2.75) is 110 Å². The number of Topliss-reactive ketones (excluding diaryl/α,β-unsaturated/α-hetero) is 1. The molecular formula is C27H47N5O7. The maximum atomic E-state index is 13.5. The van der Waals surface area contributed by atoms with Crippen molar-refractivity contribution >= 4 is 35.3 Å². The van der Waals surface area contributed by atoms with Gasteiger partial charge in [-0.3, -0.25) is 33.7 Å². The van der Waals surface area contributed by atoms with Gasteiger partial charge < -0.3 is 26.8 Å². The summed E-state index contributed by atoms with van der Waals surface area (Å²) in [5.41, 5.74) is 3.31. The van der Waals surface area contributed by atoms with E-state index >= 15 is 0 Å². The van der Waals surface area contributed by atoms with Gasteiger partial charge in [0.15, 0.2) is 11.3 Å². The number of ketones is 1. The molecule has 0 saturated carbocycles. The van der Waals surface area contributed by atoms with Crippen molar-refractivity contribution < 1.29 is 33.9 Å². The van der Waals surface area contributed by atoms with E-state index in [2.05, 4.69) is 16.0 Å². The van der Waals surface area contributed by atoms with Gasteiger partial charge in [-0.25, -0.2) is 0 Å². The maximum Gasteiger partial charge on any atom is 0.259 e. The molecule has 1 saturated heterocycles. The van der Waals surface area contributed by atoms with Crippen LogP contribution in [-0.2, 0) is 28.8 Å². The van der Waals surface area contributed by atoms with Crippen LogP contribution in [0.2, 0.25) is 0 Å². The first-order valence-electron chi connectivity index (χ1n) is 13.9. The van der Waals surface area contributed by atoms with Gasteiger partial charge in [-0.2, -0.15) is 0 Å². The Bertz CT molecular complexity index is 885. The SMILES string of the molecule is CCCCC(O)C(=O)N(C(=O)CNC(=O)[C@H](CC(C)C)NC(=O)[C@@H]1CCCN1)[C@](CC(C)C)(C(C)=O)C(N)=O. The number of rotatable bonds is 16. The molecule has 1 unspecified atom stereocenters. The number of carbonyl (C=O) groups excluding carboxylic acids is 6. The number of nitrogens with one attached hydrogen (secondary N) is 3. The van der Waals surface area contributed by atoms with Gasteiger partial charge in [-0.15, -0.1) is 0 Å². The molecule has 1 rings (SSSR count). The molecule has 6 N–H and O–H groups in total. The van der Waals surface area contributed by atoms with Crippen molar-refractivity contribution in [2.75, 3.05) is 13.1 Å². The molecule has 0 aromatic rings. The van der Waals surface area contributed by atoms with Gasteiger partial charge in [-0.05, 0) is 57.4 Å². The number of hydrogen-bond donors (Lipinski definition) is 5. The van der Waals surface area contributed by atoms with Gasteiger partial charge in [0, 0.05) is 0 Å².